The van der Waals surface area contributed by atoms with E-state index in [4.69, 9.17) is 9.47 Å². The van der Waals surface area contributed by atoms with Gasteiger partial charge in [-0.05, 0) is 48.5 Å². The molecule has 1 N–H and O–H groups in total. The summed E-state index contributed by atoms with van der Waals surface area (Å²) in [5, 5.41) is 4.29. The lowest BCUT2D eigenvalue weighted by atomic mass is 10.2. The minimum absolute atomic E-state index is 0.128. The maximum Gasteiger partial charge on any atom is 0.163 e. The smallest absolute Gasteiger partial charge is 0.163 e. The predicted octanol–water partition coefficient (Wildman–Crippen LogP) is 3.51. The molecule has 1 atom stereocenters. The number of piperazine rings is 1. The standard InChI is InChI=1S/C21H26N4O2S/c1-26-19-9-7-18(8-10-19)25-13-11-24(12-14-25)17-5-3-16(4-6-17)23-21-22-15-20(27-2)28-21/h3-10,20H,11-15H2,1-2H3,(H,22,23). The first-order valence-electron chi connectivity index (χ1n) is 9.50. The van der Waals surface area contributed by atoms with Gasteiger partial charge in [-0.1, -0.05) is 11.8 Å². The second-order valence-electron chi connectivity index (χ2n) is 6.77. The summed E-state index contributed by atoms with van der Waals surface area (Å²) < 4.78 is 10.6. The third kappa shape index (κ3) is 4.36. The molecule has 0 radical (unpaired) electrons. The molecule has 2 aliphatic heterocycles. The van der Waals surface area contributed by atoms with Crippen molar-refractivity contribution in [2.24, 2.45) is 4.99 Å². The van der Waals surface area contributed by atoms with Crippen LogP contribution in [0.3, 0.4) is 0 Å². The first kappa shape index (κ1) is 19.0. The quantitative estimate of drug-likeness (QED) is 0.832. The molecule has 4 rings (SSSR count). The molecular weight excluding hydrogens is 372 g/mol. The van der Waals surface area contributed by atoms with Crippen LogP contribution in [0.2, 0.25) is 0 Å². The highest BCUT2D eigenvalue weighted by Gasteiger charge is 2.20. The van der Waals surface area contributed by atoms with Crippen molar-refractivity contribution in [3.8, 4) is 5.75 Å². The van der Waals surface area contributed by atoms with Gasteiger partial charge < -0.3 is 24.6 Å². The predicted molar refractivity (Wildman–Crippen MR) is 118 cm³/mol. The summed E-state index contributed by atoms with van der Waals surface area (Å²) in [5.74, 6) is 0.899. The van der Waals surface area contributed by atoms with Gasteiger partial charge in [0.05, 0.1) is 13.7 Å². The van der Waals surface area contributed by atoms with E-state index in [2.05, 4.69) is 56.5 Å². The Kier molecular flexibility index (Phi) is 5.92. The zero-order valence-electron chi connectivity index (χ0n) is 16.3. The van der Waals surface area contributed by atoms with Crippen molar-refractivity contribution < 1.29 is 9.47 Å². The van der Waals surface area contributed by atoms with E-state index in [0.29, 0.717) is 6.54 Å². The Labute approximate surface area is 170 Å². The zero-order chi connectivity index (χ0) is 19.3. The fourth-order valence-electron chi connectivity index (χ4n) is 3.44. The van der Waals surface area contributed by atoms with E-state index in [1.807, 2.05) is 12.1 Å². The first-order valence-corrected chi connectivity index (χ1v) is 10.4. The highest BCUT2D eigenvalue weighted by molar-refractivity contribution is 8.14. The van der Waals surface area contributed by atoms with E-state index in [1.165, 1.54) is 11.4 Å². The lowest BCUT2D eigenvalue weighted by Gasteiger charge is -2.37. The fourth-order valence-corrected chi connectivity index (χ4v) is 4.26. The van der Waals surface area contributed by atoms with E-state index in [9.17, 15) is 0 Å². The van der Waals surface area contributed by atoms with Crippen molar-refractivity contribution in [2.75, 3.05) is 62.1 Å². The first-order chi connectivity index (χ1) is 13.7. The molecule has 0 aliphatic carbocycles. The van der Waals surface area contributed by atoms with Gasteiger partial charge in [0.2, 0.25) is 0 Å². The number of benzene rings is 2. The molecule has 0 amide bonds. The molecule has 1 fully saturated rings. The number of ether oxygens (including phenoxy) is 2. The second-order valence-corrected chi connectivity index (χ2v) is 7.92. The Morgan fingerprint density at radius 3 is 1.96 bits per heavy atom. The molecule has 0 aromatic heterocycles. The van der Waals surface area contributed by atoms with Crippen molar-refractivity contribution in [2.45, 2.75) is 5.44 Å². The van der Waals surface area contributed by atoms with Gasteiger partial charge in [0.25, 0.3) is 0 Å². The van der Waals surface area contributed by atoms with Crippen molar-refractivity contribution in [3.63, 3.8) is 0 Å². The zero-order valence-corrected chi connectivity index (χ0v) is 17.1. The van der Waals surface area contributed by atoms with Crippen LogP contribution < -0.4 is 19.9 Å². The molecular formula is C21H26N4O2S. The molecule has 2 heterocycles. The third-order valence-corrected chi connectivity index (χ3v) is 6.15. The van der Waals surface area contributed by atoms with Gasteiger partial charge in [-0.25, -0.2) is 0 Å². The summed E-state index contributed by atoms with van der Waals surface area (Å²) in [6.45, 7) is 4.75. The van der Waals surface area contributed by atoms with E-state index in [-0.39, 0.29) is 5.44 Å². The highest BCUT2D eigenvalue weighted by atomic mass is 32.2. The van der Waals surface area contributed by atoms with Gasteiger partial charge >= 0.3 is 0 Å². The summed E-state index contributed by atoms with van der Waals surface area (Å²) in [5.41, 5.74) is 3.70. The Hall–Kier alpha value is -2.38. The number of amidine groups is 1. The lowest BCUT2D eigenvalue weighted by Crippen LogP contribution is -2.46. The molecule has 0 bridgehead atoms. The van der Waals surface area contributed by atoms with Crippen LogP contribution in [-0.2, 0) is 4.74 Å². The summed E-state index contributed by atoms with van der Waals surface area (Å²) in [7, 11) is 3.42. The average Bonchev–Trinajstić information content (AvgIpc) is 3.22. The maximum atomic E-state index is 5.32. The molecule has 2 aliphatic rings. The summed E-state index contributed by atoms with van der Waals surface area (Å²) in [6, 6.07) is 16.9. The highest BCUT2D eigenvalue weighted by Crippen LogP contribution is 2.26. The average molecular weight is 399 g/mol. The van der Waals surface area contributed by atoms with Gasteiger partial charge in [0, 0.05) is 50.4 Å². The van der Waals surface area contributed by atoms with Crippen LogP contribution in [0.15, 0.2) is 53.5 Å². The van der Waals surface area contributed by atoms with Crippen molar-refractivity contribution in [1.82, 2.24) is 0 Å². The Morgan fingerprint density at radius 1 is 0.893 bits per heavy atom. The largest absolute Gasteiger partial charge is 0.497 e. The number of methoxy groups -OCH3 is 2. The lowest BCUT2D eigenvalue weighted by molar-refractivity contribution is 0.182. The number of anilines is 3. The molecule has 2 aromatic carbocycles. The van der Waals surface area contributed by atoms with Crippen LogP contribution in [0.5, 0.6) is 5.75 Å². The van der Waals surface area contributed by atoms with E-state index in [1.54, 1.807) is 26.0 Å². The molecule has 2 aromatic rings. The van der Waals surface area contributed by atoms with Crippen molar-refractivity contribution in [3.05, 3.63) is 48.5 Å². The van der Waals surface area contributed by atoms with Crippen LogP contribution >= 0.6 is 11.8 Å². The van der Waals surface area contributed by atoms with Crippen LogP contribution in [-0.4, -0.2) is 57.5 Å². The summed E-state index contributed by atoms with van der Waals surface area (Å²) in [6.07, 6.45) is 0. The minimum atomic E-state index is 0.128. The monoisotopic (exact) mass is 398 g/mol. The fraction of sp³-hybridized carbons (Fsp3) is 0.381. The molecule has 0 spiro atoms. The van der Waals surface area contributed by atoms with Gasteiger partial charge in [-0.3, -0.25) is 4.99 Å². The van der Waals surface area contributed by atoms with Gasteiger partial charge in [-0.2, -0.15) is 0 Å². The van der Waals surface area contributed by atoms with E-state index >= 15 is 0 Å². The number of nitrogens with zero attached hydrogens (tertiary/aromatic N) is 3. The molecule has 28 heavy (non-hydrogen) atoms. The van der Waals surface area contributed by atoms with Crippen LogP contribution in [0.25, 0.3) is 0 Å². The number of aliphatic imine (C=N–C) groups is 1. The van der Waals surface area contributed by atoms with Crippen LogP contribution in [0.4, 0.5) is 17.1 Å². The Morgan fingerprint density at radius 2 is 1.46 bits per heavy atom. The molecule has 1 unspecified atom stereocenters. The summed E-state index contributed by atoms with van der Waals surface area (Å²) >= 11 is 1.63. The van der Waals surface area contributed by atoms with E-state index < -0.39 is 0 Å². The Balaban J connectivity index is 1.31. The van der Waals surface area contributed by atoms with Gasteiger partial charge in [0.1, 0.15) is 11.2 Å². The van der Waals surface area contributed by atoms with Crippen molar-refractivity contribution >= 4 is 34.0 Å². The van der Waals surface area contributed by atoms with Gasteiger partial charge in [0.15, 0.2) is 5.17 Å². The molecule has 6 nitrogen and oxygen atoms in total. The third-order valence-electron chi connectivity index (χ3n) is 5.09. The molecule has 7 heteroatoms. The number of hydrogen-bond donors (Lipinski definition) is 1. The molecule has 148 valence electrons. The van der Waals surface area contributed by atoms with Crippen LogP contribution in [0, 0.1) is 0 Å². The SMILES string of the molecule is COc1ccc(N2CCN(c3ccc(NC4=NCC(OC)S4)cc3)CC2)cc1. The maximum absolute atomic E-state index is 5.32. The van der Waals surface area contributed by atoms with E-state index in [0.717, 1.165) is 42.8 Å². The number of nitrogens with one attached hydrogen (secondary N) is 1. The summed E-state index contributed by atoms with van der Waals surface area (Å²) in [4.78, 5) is 9.32. The molecule has 1 saturated heterocycles. The Bertz CT molecular complexity index is 802. The van der Waals surface area contributed by atoms with Gasteiger partial charge in [-0.15, -0.1) is 0 Å². The number of hydrogen-bond acceptors (Lipinski definition) is 7. The second kappa shape index (κ2) is 8.75. The normalized spacial score (nSPS) is 19.5. The topological polar surface area (TPSA) is 49.3 Å². The number of thioether (sulfide) groups is 1. The van der Waals surface area contributed by atoms with Crippen LogP contribution in [0.1, 0.15) is 0 Å². The molecule has 0 saturated carbocycles. The number of rotatable bonds is 5. The van der Waals surface area contributed by atoms with Crippen molar-refractivity contribution in [1.29, 1.82) is 0 Å². The minimum Gasteiger partial charge on any atom is -0.497 e.